The Morgan fingerprint density at radius 3 is 2.38 bits per heavy atom. The van der Waals surface area contributed by atoms with Crippen LogP contribution in [0.2, 0.25) is 0 Å². The SMILES string of the molecule is CC[C@@H]1CN(C)C[C@H]1OC(C)(C)C. The van der Waals surface area contributed by atoms with Gasteiger partial charge in [0.25, 0.3) is 0 Å². The minimum Gasteiger partial charge on any atom is -0.371 e. The van der Waals surface area contributed by atoms with Gasteiger partial charge in [-0.15, -0.1) is 0 Å². The molecule has 1 aliphatic rings. The molecule has 0 unspecified atom stereocenters. The molecule has 0 N–H and O–H groups in total. The maximum Gasteiger partial charge on any atom is 0.0749 e. The second-order valence-corrected chi connectivity index (χ2v) is 5.16. The van der Waals surface area contributed by atoms with E-state index in [9.17, 15) is 0 Å². The summed E-state index contributed by atoms with van der Waals surface area (Å²) in [7, 11) is 2.18. The van der Waals surface area contributed by atoms with Gasteiger partial charge in [0.1, 0.15) is 0 Å². The lowest BCUT2D eigenvalue weighted by atomic mass is 10.0. The van der Waals surface area contributed by atoms with Crippen LogP contribution in [-0.2, 0) is 4.74 Å². The Hall–Kier alpha value is -0.0800. The normalized spacial score (nSPS) is 31.2. The van der Waals surface area contributed by atoms with Crippen molar-refractivity contribution in [2.24, 2.45) is 5.92 Å². The van der Waals surface area contributed by atoms with E-state index < -0.39 is 0 Å². The van der Waals surface area contributed by atoms with Crippen LogP contribution in [0.15, 0.2) is 0 Å². The number of hydrogen-bond acceptors (Lipinski definition) is 2. The highest BCUT2D eigenvalue weighted by atomic mass is 16.5. The van der Waals surface area contributed by atoms with Gasteiger partial charge in [-0.05, 0) is 40.2 Å². The Labute approximate surface area is 82.3 Å². The van der Waals surface area contributed by atoms with Crippen molar-refractivity contribution < 1.29 is 4.74 Å². The maximum absolute atomic E-state index is 6.03. The number of likely N-dealkylation sites (tertiary alicyclic amines) is 1. The summed E-state index contributed by atoms with van der Waals surface area (Å²) in [5.74, 6) is 0.726. The molecule has 2 atom stereocenters. The zero-order valence-electron chi connectivity index (χ0n) is 9.63. The summed E-state index contributed by atoms with van der Waals surface area (Å²) in [6.45, 7) is 10.9. The number of rotatable bonds is 2. The van der Waals surface area contributed by atoms with E-state index in [0.717, 1.165) is 12.5 Å². The smallest absolute Gasteiger partial charge is 0.0749 e. The number of hydrogen-bond donors (Lipinski definition) is 0. The third-order valence-corrected chi connectivity index (χ3v) is 2.59. The predicted octanol–water partition coefficient (Wildman–Crippen LogP) is 2.14. The summed E-state index contributed by atoms with van der Waals surface area (Å²) in [4.78, 5) is 2.37. The van der Waals surface area contributed by atoms with Crippen LogP contribution in [0.3, 0.4) is 0 Å². The molecule has 0 radical (unpaired) electrons. The molecule has 0 aromatic heterocycles. The van der Waals surface area contributed by atoms with Gasteiger partial charge in [0.2, 0.25) is 0 Å². The van der Waals surface area contributed by atoms with Gasteiger partial charge in [0.05, 0.1) is 11.7 Å². The standard InChI is InChI=1S/C11H23NO/c1-6-9-7-12(5)8-10(9)13-11(2,3)4/h9-10H,6-8H2,1-5H3/t9-,10-/m1/s1. The molecule has 2 heteroatoms. The molecule has 1 fully saturated rings. The molecule has 0 aliphatic carbocycles. The monoisotopic (exact) mass is 185 g/mol. The van der Waals surface area contributed by atoms with Crippen LogP contribution in [0.1, 0.15) is 34.1 Å². The van der Waals surface area contributed by atoms with Crippen LogP contribution < -0.4 is 0 Å². The largest absolute Gasteiger partial charge is 0.371 e. The fraction of sp³-hybridized carbons (Fsp3) is 1.00. The Morgan fingerprint density at radius 2 is 1.92 bits per heavy atom. The summed E-state index contributed by atoms with van der Waals surface area (Å²) in [6.07, 6.45) is 1.67. The zero-order chi connectivity index (χ0) is 10.1. The van der Waals surface area contributed by atoms with E-state index in [2.05, 4.69) is 39.6 Å². The topological polar surface area (TPSA) is 12.5 Å². The summed E-state index contributed by atoms with van der Waals surface area (Å²) in [5, 5.41) is 0. The first-order valence-electron chi connectivity index (χ1n) is 5.28. The van der Waals surface area contributed by atoms with Crippen LogP contribution in [0, 0.1) is 5.92 Å². The van der Waals surface area contributed by atoms with Gasteiger partial charge in [-0.3, -0.25) is 0 Å². The van der Waals surface area contributed by atoms with E-state index in [1.54, 1.807) is 0 Å². The van der Waals surface area contributed by atoms with Gasteiger partial charge in [-0.2, -0.15) is 0 Å². The molecule has 0 aromatic rings. The van der Waals surface area contributed by atoms with E-state index in [-0.39, 0.29) is 5.60 Å². The average molecular weight is 185 g/mol. The molecule has 1 saturated heterocycles. The van der Waals surface area contributed by atoms with Crippen LogP contribution in [0.4, 0.5) is 0 Å². The van der Waals surface area contributed by atoms with Gasteiger partial charge in [-0.1, -0.05) is 6.92 Å². The summed E-state index contributed by atoms with van der Waals surface area (Å²) >= 11 is 0. The van der Waals surface area contributed by atoms with E-state index in [1.807, 2.05) is 0 Å². The molecule has 0 spiro atoms. The van der Waals surface area contributed by atoms with Crippen molar-refractivity contribution in [3.63, 3.8) is 0 Å². The van der Waals surface area contributed by atoms with Crippen LogP contribution >= 0.6 is 0 Å². The quantitative estimate of drug-likeness (QED) is 0.653. The van der Waals surface area contributed by atoms with Crippen LogP contribution in [-0.4, -0.2) is 36.7 Å². The number of nitrogens with zero attached hydrogens (tertiary/aromatic N) is 1. The van der Waals surface area contributed by atoms with E-state index in [4.69, 9.17) is 4.74 Å². The Morgan fingerprint density at radius 1 is 1.31 bits per heavy atom. The van der Waals surface area contributed by atoms with Crippen molar-refractivity contribution in [3.05, 3.63) is 0 Å². The molecule has 1 heterocycles. The minimum atomic E-state index is 0.00324. The molecule has 13 heavy (non-hydrogen) atoms. The van der Waals surface area contributed by atoms with Crippen molar-refractivity contribution in [3.8, 4) is 0 Å². The van der Waals surface area contributed by atoms with Crippen molar-refractivity contribution in [1.82, 2.24) is 4.90 Å². The molecule has 1 rings (SSSR count). The zero-order valence-corrected chi connectivity index (χ0v) is 9.63. The molecule has 0 saturated carbocycles. The van der Waals surface area contributed by atoms with E-state index in [0.29, 0.717) is 6.10 Å². The Kier molecular flexibility index (Phi) is 3.36. The first kappa shape index (κ1) is 11.0. The highest BCUT2D eigenvalue weighted by molar-refractivity contribution is 4.84. The van der Waals surface area contributed by atoms with Gasteiger partial charge in [0.15, 0.2) is 0 Å². The van der Waals surface area contributed by atoms with Gasteiger partial charge in [-0.25, -0.2) is 0 Å². The lowest BCUT2D eigenvalue weighted by molar-refractivity contribution is -0.0704. The summed E-state index contributed by atoms with van der Waals surface area (Å²) in [5.41, 5.74) is 0.00324. The molecule has 1 aliphatic heterocycles. The number of ether oxygens (including phenoxy) is 1. The minimum absolute atomic E-state index is 0.00324. The third kappa shape index (κ3) is 3.28. The van der Waals surface area contributed by atoms with Crippen molar-refractivity contribution in [1.29, 1.82) is 0 Å². The fourth-order valence-corrected chi connectivity index (χ4v) is 2.03. The number of likely N-dealkylation sites (N-methyl/N-ethyl adjacent to an activating group) is 1. The third-order valence-electron chi connectivity index (χ3n) is 2.59. The second-order valence-electron chi connectivity index (χ2n) is 5.16. The fourth-order valence-electron chi connectivity index (χ4n) is 2.03. The lowest BCUT2D eigenvalue weighted by Gasteiger charge is -2.27. The Balaban J connectivity index is 2.49. The summed E-state index contributed by atoms with van der Waals surface area (Å²) < 4.78 is 6.03. The lowest BCUT2D eigenvalue weighted by Crippen LogP contribution is -2.32. The van der Waals surface area contributed by atoms with Gasteiger partial charge in [0, 0.05) is 13.1 Å². The first-order valence-corrected chi connectivity index (χ1v) is 5.28. The average Bonchev–Trinajstić information content (AvgIpc) is 2.27. The molecule has 0 aromatic carbocycles. The Bertz CT molecular complexity index is 162. The molecule has 2 nitrogen and oxygen atoms in total. The second kappa shape index (κ2) is 3.97. The molecule has 0 amide bonds. The van der Waals surface area contributed by atoms with Crippen molar-refractivity contribution in [2.45, 2.75) is 45.8 Å². The highest BCUT2D eigenvalue weighted by Gasteiger charge is 2.32. The van der Waals surface area contributed by atoms with E-state index >= 15 is 0 Å². The first-order chi connectivity index (χ1) is 5.92. The van der Waals surface area contributed by atoms with Gasteiger partial charge < -0.3 is 9.64 Å². The highest BCUT2D eigenvalue weighted by Crippen LogP contribution is 2.25. The molecule has 0 bridgehead atoms. The van der Waals surface area contributed by atoms with Crippen LogP contribution in [0.25, 0.3) is 0 Å². The van der Waals surface area contributed by atoms with Crippen molar-refractivity contribution in [2.75, 3.05) is 20.1 Å². The summed E-state index contributed by atoms with van der Waals surface area (Å²) in [6, 6.07) is 0. The van der Waals surface area contributed by atoms with Gasteiger partial charge >= 0.3 is 0 Å². The van der Waals surface area contributed by atoms with Crippen LogP contribution in [0.5, 0.6) is 0 Å². The maximum atomic E-state index is 6.03. The molecule has 78 valence electrons. The molecular weight excluding hydrogens is 162 g/mol. The van der Waals surface area contributed by atoms with E-state index in [1.165, 1.54) is 13.0 Å². The predicted molar refractivity (Wildman–Crippen MR) is 55.9 cm³/mol. The van der Waals surface area contributed by atoms with Crippen molar-refractivity contribution >= 4 is 0 Å². The molecular formula is C11H23NO.